The number of aliphatic hydroxyl groups is 1. The zero-order chi connectivity index (χ0) is 28.4. The molecule has 11 nitrogen and oxygen atoms in total. The van der Waals surface area contributed by atoms with E-state index in [2.05, 4.69) is 20.1 Å². The molecule has 0 spiro atoms. The van der Waals surface area contributed by atoms with Gasteiger partial charge in [-0.2, -0.15) is 5.10 Å². The van der Waals surface area contributed by atoms with E-state index < -0.39 is 11.4 Å². The number of hydrogen-bond acceptors (Lipinski definition) is 8. The van der Waals surface area contributed by atoms with Gasteiger partial charge in [-0.1, -0.05) is 0 Å². The van der Waals surface area contributed by atoms with Gasteiger partial charge in [-0.25, -0.2) is 24.0 Å². The van der Waals surface area contributed by atoms with Crippen LogP contribution in [0.15, 0.2) is 84.3 Å². The molecule has 1 aliphatic rings. The molecule has 5 aromatic rings. The fourth-order valence-electron chi connectivity index (χ4n) is 4.86. The molecule has 12 heteroatoms. The van der Waals surface area contributed by atoms with Crippen LogP contribution in [-0.2, 0) is 13.2 Å². The van der Waals surface area contributed by atoms with Crippen LogP contribution >= 0.6 is 0 Å². The molecule has 6 rings (SSSR count). The molecule has 1 amide bonds. The molecule has 0 aliphatic carbocycles. The van der Waals surface area contributed by atoms with E-state index in [1.54, 1.807) is 40.2 Å². The molecular weight excluding hydrogens is 529 g/mol. The average molecular weight is 556 g/mol. The third-order valence-electron chi connectivity index (χ3n) is 7.16. The molecule has 41 heavy (non-hydrogen) atoms. The van der Waals surface area contributed by atoms with E-state index >= 15 is 0 Å². The number of aromatic nitrogens is 6. The Morgan fingerprint density at radius 2 is 1.71 bits per heavy atom. The number of nitrogens with zero attached hydrogens (tertiary/aromatic N) is 7. The van der Waals surface area contributed by atoms with E-state index in [1.807, 2.05) is 12.1 Å². The van der Waals surface area contributed by atoms with Crippen molar-refractivity contribution in [3.8, 4) is 11.4 Å². The largest absolute Gasteiger partial charge is 0.486 e. The topological polar surface area (TPSA) is 128 Å². The van der Waals surface area contributed by atoms with Crippen LogP contribution in [0.5, 0.6) is 5.75 Å². The summed E-state index contributed by atoms with van der Waals surface area (Å²) >= 11 is 0. The molecule has 0 bridgehead atoms. The zero-order valence-corrected chi connectivity index (χ0v) is 21.9. The molecule has 3 aromatic heterocycles. The molecule has 0 unspecified atom stereocenters. The SMILES string of the molecule is O=C(c1ccc(F)cc1)N1CCC(O)(Cn2cnc3c(cnn3-c3ccc(OCc4ncccn4)cc3)c2=O)CC1. The van der Waals surface area contributed by atoms with Crippen LogP contribution in [0.25, 0.3) is 16.7 Å². The number of ether oxygens (including phenoxy) is 1. The number of benzene rings is 2. The van der Waals surface area contributed by atoms with Gasteiger partial charge >= 0.3 is 0 Å². The van der Waals surface area contributed by atoms with E-state index in [4.69, 9.17) is 4.74 Å². The second-order valence-electron chi connectivity index (χ2n) is 9.94. The number of piperidine rings is 1. The maximum absolute atomic E-state index is 13.3. The van der Waals surface area contributed by atoms with Crippen LogP contribution < -0.4 is 10.3 Å². The van der Waals surface area contributed by atoms with Crippen molar-refractivity contribution in [2.75, 3.05) is 13.1 Å². The van der Waals surface area contributed by atoms with Crippen molar-refractivity contribution in [2.45, 2.75) is 31.6 Å². The smallest absolute Gasteiger partial charge is 0.264 e. The number of hydrogen-bond donors (Lipinski definition) is 1. The lowest BCUT2D eigenvalue weighted by molar-refractivity contribution is -0.0299. The first-order valence-corrected chi connectivity index (χ1v) is 13.1. The highest BCUT2D eigenvalue weighted by atomic mass is 19.1. The summed E-state index contributed by atoms with van der Waals surface area (Å²) in [6.07, 6.45) is 6.76. The van der Waals surface area contributed by atoms with Crippen molar-refractivity contribution in [1.29, 1.82) is 0 Å². The number of amides is 1. The predicted octanol–water partition coefficient (Wildman–Crippen LogP) is 2.76. The summed E-state index contributed by atoms with van der Waals surface area (Å²) in [5.74, 6) is 0.578. The van der Waals surface area contributed by atoms with Gasteiger partial charge in [0, 0.05) is 31.0 Å². The Balaban J connectivity index is 1.12. The highest BCUT2D eigenvalue weighted by Gasteiger charge is 2.35. The van der Waals surface area contributed by atoms with Crippen LogP contribution in [0.2, 0.25) is 0 Å². The Labute approximate surface area is 233 Å². The molecule has 4 heterocycles. The van der Waals surface area contributed by atoms with Crippen LogP contribution in [0.4, 0.5) is 4.39 Å². The Morgan fingerprint density at radius 3 is 2.41 bits per heavy atom. The van der Waals surface area contributed by atoms with Gasteiger partial charge in [-0.15, -0.1) is 0 Å². The zero-order valence-electron chi connectivity index (χ0n) is 21.9. The van der Waals surface area contributed by atoms with E-state index in [1.165, 1.54) is 41.4 Å². The summed E-state index contributed by atoms with van der Waals surface area (Å²) in [5, 5.41) is 15.9. The molecule has 1 N–H and O–H groups in total. The Hall–Kier alpha value is -4.97. The van der Waals surface area contributed by atoms with Crippen molar-refractivity contribution in [1.82, 2.24) is 34.2 Å². The second kappa shape index (κ2) is 10.9. The maximum atomic E-state index is 13.3. The van der Waals surface area contributed by atoms with Crippen molar-refractivity contribution in [3.05, 3.63) is 107 Å². The number of rotatable bonds is 7. The number of likely N-dealkylation sites (tertiary alicyclic amines) is 1. The van der Waals surface area contributed by atoms with Gasteiger partial charge < -0.3 is 14.7 Å². The molecular formula is C29H26FN7O4. The van der Waals surface area contributed by atoms with E-state index in [-0.39, 0.29) is 37.5 Å². The molecule has 1 fully saturated rings. The van der Waals surface area contributed by atoms with Gasteiger partial charge in [-0.3, -0.25) is 14.2 Å². The van der Waals surface area contributed by atoms with Crippen LogP contribution in [0.1, 0.15) is 29.0 Å². The minimum absolute atomic E-state index is 0.0374. The molecule has 208 valence electrons. The first-order valence-electron chi connectivity index (χ1n) is 13.1. The van der Waals surface area contributed by atoms with Gasteiger partial charge in [0.2, 0.25) is 0 Å². The average Bonchev–Trinajstić information content (AvgIpc) is 3.44. The first-order chi connectivity index (χ1) is 19.9. The lowest BCUT2D eigenvalue weighted by atomic mass is 9.91. The first kappa shape index (κ1) is 26.3. The van der Waals surface area contributed by atoms with Gasteiger partial charge in [0.25, 0.3) is 11.5 Å². The summed E-state index contributed by atoms with van der Waals surface area (Å²) < 4.78 is 21.9. The third kappa shape index (κ3) is 5.54. The number of carbonyl (C=O) groups is 1. The minimum atomic E-state index is -1.19. The van der Waals surface area contributed by atoms with Crippen molar-refractivity contribution >= 4 is 16.9 Å². The fourth-order valence-corrected chi connectivity index (χ4v) is 4.86. The number of halogens is 1. The molecule has 0 saturated carbocycles. The van der Waals surface area contributed by atoms with E-state index in [9.17, 15) is 19.1 Å². The van der Waals surface area contributed by atoms with E-state index in [0.717, 1.165) is 0 Å². The summed E-state index contributed by atoms with van der Waals surface area (Å²) in [6.45, 7) is 0.900. The Bertz CT molecular complexity index is 1730. The predicted molar refractivity (Wildman–Crippen MR) is 146 cm³/mol. The standard InChI is InChI=1S/C29H26FN7O4/c30-21-4-2-20(3-5-21)27(38)35-14-10-29(40,11-15-35)18-36-19-33-26-24(28(36)39)16-34-37(26)22-6-8-23(9-7-22)41-17-25-31-12-1-13-32-25/h1-9,12-13,16,19,40H,10-11,14-15,17-18H2. The van der Waals surface area contributed by atoms with Crippen molar-refractivity contribution in [3.63, 3.8) is 0 Å². The van der Waals surface area contributed by atoms with Crippen LogP contribution in [0, 0.1) is 5.82 Å². The lowest BCUT2D eigenvalue weighted by Crippen LogP contribution is -2.49. The summed E-state index contributed by atoms with van der Waals surface area (Å²) in [5.41, 5.74) is -0.0184. The van der Waals surface area contributed by atoms with E-state index in [0.29, 0.717) is 46.9 Å². The van der Waals surface area contributed by atoms with Crippen molar-refractivity contribution < 1.29 is 19.0 Å². The summed E-state index contributed by atoms with van der Waals surface area (Å²) in [4.78, 5) is 40.4. The fraction of sp³-hybridized carbons (Fsp3) is 0.241. The summed E-state index contributed by atoms with van der Waals surface area (Å²) in [7, 11) is 0. The lowest BCUT2D eigenvalue weighted by Gasteiger charge is -2.38. The highest BCUT2D eigenvalue weighted by molar-refractivity contribution is 5.94. The third-order valence-corrected chi connectivity index (χ3v) is 7.16. The monoisotopic (exact) mass is 555 g/mol. The second-order valence-corrected chi connectivity index (χ2v) is 9.94. The normalized spacial score (nSPS) is 14.7. The maximum Gasteiger partial charge on any atom is 0.264 e. The highest BCUT2D eigenvalue weighted by Crippen LogP contribution is 2.25. The number of fused-ring (bicyclic) bond motifs is 1. The van der Waals surface area contributed by atoms with Gasteiger partial charge in [0.15, 0.2) is 11.5 Å². The van der Waals surface area contributed by atoms with Gasteiger partial charge in [0.05, 0.1) is 24.0 Å². The number of carbonyl (C=O) groups excluding carboxylic acids is 1. The molecule has 0 atom stereocenters. The van der Waals surface area contributed by atoms with Crippen molar-refractivity contribution in [2.24, 2.45) is 0 Å². The molecule has 1 aliphatic heterocycles. The minimum Gasteiger partial charge on any atom is -0.486 e. The summed E-state index contributed by atoms with van der Waals surface area (Å²) in [6, 6.07) is 14.3. The molecule has 2 aromatic carbocycles. The van der Waals surface area contributed by atoms with Gasteiger partial charge in [-0.05, 0) is 67.4 Å². The Kier molecular flexibility index (Phi) is 6.98. The van der Waals surface area contributed by atoms with Crippen LogP contribution in [0.3, 0.4) is 0 Å². The van der Waals surface area contributed by atoms with Crippen LogP contribution in [-0.4, -0.2) is 63.9 Å². The Morgan fingerprint density at radius 1 is 1.00 bits per heavy atom. The van der Waals surface area contributed by atoms with Gasteiger partial charge in [0.1, 0.15) is 29.9 Å². The molecule has 1 saturated heterocycles. The quantitative estimate of drug-likeness (QED) is 0.325. The molecule has 0 radical (unpaired) electrons.